The van der Waals surface area contributed by atoms with Gasteiger partial charge in [0.15, 0.2) is 5.69 Å². The first-order valence-electron chi connectivity index (χ1n) is 6.65. The van der Waals surface area contributed by atoms with Crippen molar-refractivity contribution in [2.75, 3.05) is 0 Å². The summed E-state index contributed by atoms with van der Waals surface area (Å²) >= 11 is 0. The lowest BCUT2D eigenvalue weighted by Crippen LogP contribution is -2.23. The Balaban J connectivity index is 1.99. The van der Waals surface area contributed by atoms with Crippen molar-refractivity contribution in [3.8, 4) is 0 Å². The summed E-state index contributed by atoms with van der Waals surface area (Å²) in [5.41, 5.74) is 8.29. The SMILES string of the molecule is CCC(N)c1nc(C(=O)NCc2ccccc2C)co1. The monoisotopic (exact) mass is 273 g/mol. The fourth-order valence-corrected chi connectivity index (χ4v) is 1.81. The minimum atomic E-state index is -0.270. The molecule has 0 aliphatic rings. The van der Waals surface area contributed by atoms with Gasteiger partial charge in [-0.2, -0.15) is 0 Å². The normalized spacial score (nSPS) is 12.2. The van der Waals surface area contributed by atoms with E-state index in [1.807, 2.05) is 38.1 Å². The summed E-state index contributed by atoms with van der Waals surface area (Å²) in [6.45, 7) is 4.41. The highest BCUT2D eigenvalue weighted by atomic mass is 16.3. The van der Waals surface area contributed by atoms with Crippen LogP contribution in [-0.2, 0) is 6.54 Å². The van der Waals surface area contributed by atoms with E-state index in [0.29, 0.717) is 18.9 Å². The average molecular weight is 273 g/mol. The summed E-state index contributed by atoms with van der Waals surface area (Å²) < 4.78 is 5.22. The highest BCUT2D eigenvalue weighted by Crippen LogP contribution is 2.13. The predicted molar refractivity (Wildman–Crippen MR) is 76.1 cm³/mol. The van der Waals surface area contributed by atoms with E-state index in [0.717, 1.165) is 11.1 Å². The summed E-state index contributed by atoms with van der Waals surface area (Å²) in [5.74, 6) is 0.139. The smallest absolute Gasteiger partial charge is 0.273 e. The average Bonchev–Trinajstić information content (AvgIpc) is 2.95. The summed E-state index contributed by atoms with van der Waals surface area (Å²) in [4.78, 5) is 16.1. The van der Waals surface area contributed by atoms with Crippen LogP contribution >= 0.6 is 0 Å². The molecule has 0 saturated carbocycles. The molecule has 5 heteroatoms. The molecule has 0 bridgehead atoms. The summed E-state index contributed by atoms with van der Waals surface area (Å²) in [7, 11) is 0. The van der Waals surface area contributed by atoms with Gasteiger partial charge in [0.1, 0.15) is 6.26 Å². The van der Waals surface area contributed by atoms with E-state index < -0.39 is 0 Å². The molecule has 1 aromatic heterocycles. The number of aryl methyl sites for hydroxylation is 1. The van der Waals surface area contributed by atoms with Gasteiger partial charge in [-0.3, -0.25) is 4.79 Å². The van der Waals surface area contributed by atoms with Crippen molar-refractivity contribution in [1.29, 1.82) is 0 Å². The zero-order valence-corrected chi connectivity index (χ0v) is 11.7. The van der Waals surface area contributed by atoms with Crippen LogP contribution in [0.4, 0.5) is 0 Å². The molecule has 0 saturated heterocycles. The Kier molecular flexibility index (Phi) is 4.53. The Morgan fingerprint density at radius 3 is 2.90 bits per heavy atom. The third-order valence-corrected chi connectivity index (χ3v) is 3.21. The molecule has 1 heterocycles. The molecular formula is C15H19N3O2. The standard InChI is InChI=1S/C15H19N3O2/c1-3-12(16)15-18-13(9-20-15)14(19)17-8-11-7-5-4-6-10(11)2/h4-7,9,12H,3,8,16H2,1-2H3,(H,17,19). The zero-order chi connectivity index (χ0) is 14.5. The van der Waals surface area contributed by atoms with Crippen molar-refractivity contribution in [3.05, 3.63) is 53.2 Å². The van der Waals surface area contributed by atoms with Gasteiger partial charge in [0.25, 0.3) is 5.91 Å². The topological polar surface area (TPSA) is 81.1 Å². The van der Waals surface area contributed by atoms with Crippen LogP contribution in [0.15, 0.2) is 34.9 Å². The van der Waals surface area contributed by atoms with Gasteiger partial charge in [0.05, 0.1) is 6.04 Å². The van der Waals surface area contributed by atoms with E-state index in [4.69, 9.17) is 10.2 Å². The second-order valence-electron chi connectivity index (χ2n) is 4.69. The van der Waals surface area contributed by atoms with Crippen LogP contribution in [0.5, 0.6) is 0 Å². The molecule has 20 heavy (non-hydrogen) atoms. The number of benzene rings is 1. The molecule has 0 spiro atoms. The first-order chi connectivity index (χ1) is 9.61. The van der Waals surface area contributed by atoms with Crippen LogP contribution in [-0.4, -0.2) is 10.9 Å². The molecule has 2 rings (SSSR count). The molecule has 3 N–H and O–H groups in total. The number of rotatable bonds is 5. The van der Waals surface area contributed by atoms with Crippen LogP contribution in [0.1, 0.15) is 46.9 Å². The molecular weight excluding hydrogens is 254 g/mol. The first kappa shape index (κ1) is 14.3. The summed E-state index contributed by atoms with van der Waals surface area (Å²) in [6, 6.07) is 7.64. The molecule has 1 unspecified atom stereocenters. The lowest BCUT2D eigenvalue weighted by Gasteiger charge is -2.06. The number of nitrogens with two attached hydrogens (primary N) is 1. The van der Waals surface area contributed by atoms with E-state index in [1.54, 1.807) is 0 Å². The van der Waals surface area contributed by atoms with Crippen molar-refractivity contribution in [2.45, 2.75) is 32.9 Å². The fourth-order valence-electron chi connectivity index (χ4n) is 1.81. The van der Waals surface area contributed by atoms with Crippen molar-refractivity contribution in [3.63, 3.8) is 0 Å². The molecule has 106 valence electrons. The molecule has 5 nitrogen and oxygen atoms in total. The van der Waals surface area contributed by atoms with Crippen molar-refractivity contribution < 1.29 is 9.21 Å². The van der Waals surface area contributed by atoms with E-state index in [2.05, 4.69) is 10.3 Å². The highest BCUT2D eigenvalue weighted by Gasteiger charge is 2.15. The zero-order valence-electron chi connectivity index (χ0n) is 11.7. The van der Waals surface area contributed by atoms with Gasteiger partial charge >= 0.3 is 0 Å². The van der Waals surface area contributed by atoms with E-state index in [1.165, 1.54) is 6.26 Å². The first-order valence-corrected chi connectivity index (χ1v) is 6.65. The fraction of sp³-hybridized carbons (Fsp3) is 0.333. The van der Waals surface area contributed by atoms with Crippen molar-refractivity contribution >= 4 is 5.91 Å². The van der Waals surface area contributed by atoms with Crippen LogP contribution < -0.4 is 11.1 Å². The van der Waals surface area contributed by atoms with Crippen molar-refractivity contribution in [2.24, 2.45) is 5.73 Å². The van der Waals surface area contributed by atoms with Crippen LogP contribution in [0.25, 0.3) is 0 Å². The maximum Gasteiger partial charge on any atom is 0.273 e. The van der Waals surface area contributed by atoms with Crippen molar-refractivity contribution in [1.82, 2.24) is 10.3 Å². The minimum Gasteiger partial charge on any atom is -0.446 e. The van der Waals surface area contributed by atoms with Gasteiger partial charge in [-0.25, -0.2) is 4.98 Å². The van der Waals surface area contributed by atoms with Crippen LogP contribution in [0, 0.1) is 6.92 Å². The van der Waals surface area contributed by atoms with Gasteiger partial charge in [-0.15, -0.1) is 0 Å². The number of nitrogens with zero attached hydrogens (tertiary/aromatic N) is 1. The third kappa shape index (κ3) is 3.24. The molecule has 0 aliphatic carbocycles. The van der Waals surface area contributed by atoms with Gasteiger partial charge in [0.2, 0.25) is 5.89 Å². The van der Waals surface area contributed by atoms with Gasteiger partial charge in [-0.05, 0) is 24.5 Å². The number of oxazole rings is 1. The molecule has 0 aliphatic heterocycles. The number of carbonyl (C=O) groups is 1. The maximum absolute atomic E-state index is 12.0. The number of hydrogen-bond acceptors (Lipinski definition) is 4. The molecule has 0 fully saturated rings. The third-order valence-electron chi connectivity index (χ3n) is 3.21. The van der Waals surface area contributed by atoms with Crippen LogP contribution in [0.3, 0.4) is 0 Å². The van der Waals surface area contributed by atoms with E-state index in [9.17, 15) is 4.79 Å². The lowest BCUT2D eigenvalue weighted by atomic mass is 10.1. The summed E-state index contributed by atoms with van der Waals surface area (Å²) in [5, 5.41) is 2.82. The molecule has 1 aromatic carbocycles. The lowest BCUT2D eigenvalue weighted by molar-refractivity contribution is 0.0946. The number of carbonyl (C=O) groups excluding carboxylic acids is 1. The number of amides is 1. The second-order valence-corrected chi connectivity index (χ2v) is 4.69. The molecule has 0 radical (unpaired) electrons. The Labute approximate surface area is 118 Å². The Hall–Kier alpha value is -2.14. The quantitative estimate of drug-likeness (QED) is 0.876. The number of nitrogens with one attached hydrogen (secondary N) is 1. The largest absolute Gasteiger partial charge is 0.446 e. The Morgan fingerprint density at radius 2 is 2.20 bits per heavy atom. The Bertz CT molecular complexity index is 592. The highest BCUT2D eigenvalue weighted by molar-refractivity contribution is 5.91. The maximum atomic E-state index is 12.0. The van der Waals surface area contributed by atoms with E-state index in [-0.39, 0.29) is 17.6 Å². The second kappa shape index (κ2) is 6.34. The van der Waals surface area contributed by atoms with Gasteiger partial charge in [0, 0.05) is 6.54 Å². The Morgan fingerprint density at radius 1 is 1.45 bits per heavy atom. The predicted octanol–water partition coefficient (Wildman–Crippen LogP) is 2.32. The molecule has 1 atom stereocenters. The van der Waals surface area contributed by atoms with Gasteiger partial charge < -0.3 is 15.5 Å². The molecule has 1 amide bonds. The number of hydrogen-bond donors (Lipinski definition) is 2. The number of aromatic nitrogens is 1. The minimum absolute atomic E-state index is 0.258. The van der Waals surface area contributed by atoms with E-state index >= 15 is 0 Å². The molecule has 2 aromatic rings. The van der Waals surface area contributed by atoms with Gasteiger partial charge in [-0.1, -0.05) is 31.2 Å². The summed E-state index contributed by atoms with van der Waals surface area (Å²) in [6.07, 6.45) is 2.06. The van der Waals surface area contributed by atoms with Crippen LogP contribution in [0.2, 0.25) is 0 Å².